The third kappa shape index (κ3) is 5.08. The quantitative estimate of drug-likeness (QED) is 0.536. The average molecular weight is 481 g/mol. The van der Waals surface area contributed by atoms with Gasteiger partial charge < -0.3 is 4.90 Å². The Kier molecular flexibility index (Phi) is 6.58. The van der Waals surface area contributed by atoms with Crippen molar-refractivity contribution in [1.82, 2.24) is 19.6 Å². The summed E-state index contributed by atoms with van der Waals surface area (Å²) in [7, 11) is 0. The monoisotopic (exact) mass is 480 g/mol. The van der Waals surface area contributed by atoms with E-state index in [0.717, 1.165) is 59.7 Å². The number of amides is 1. The van der Waals surface area contributed by atoms with Gasteiger partial charge in [0.1, 0.15) is 0 Å². The van der Waals surface area contributed by atoms with Crippen LogP contribution < -0.4 is 0 Å². The van der Waals surface area contributed by atoms with Gasteiger partial charge in [0, 0.05) is 38.3 Å². The van der Waals surface area contributed by atoms with Crippen LogP contribution in [0.4, 0.5) is 0 Å². The Balaban J connectivity index is 1.37. The number of piperazine rings is 1. The van der Waals surface area contributed by atoms with Crippen LogP contribution >= 0.6 is 15.9 Å². The molecule has 6 heteroatoms. The van der Waals surface area contributed by atoms with Crippen LogP contribution in [-0.2, 0) is 13.1 Å². The van der Waals surface area contributed by atoms with Crippen LogP contribution in [0.15, 0.2) is 53.0 Å². The standard InChI is InChI=1S/C25H29BrN4O/c1-18-6-4-7-21(14-18)16-28-10-12-29(13-11-28)25(31)23-9-5-8-22(15-23)17-30-20(3)24(26)19(2)27-30/h4-9,14-15H,10-13,16-17H2,1-3H3. The van der Waals surface area contributed by atoms with Gasteiger partial charge in [-0.3, -0.25) is 14.4 Å². The summed E-state index contributed by atoms with van der Waals surface area (Å²) in [6.07, 6.45) is 0. The maximum Gasteiger partial charge on any atom is 0.253 e. The topological polar surface area (TPSA) is 41.4 Å². The molecule has 1 aliphatic heterocycles. The number of hydrogen-bond donors (Lipinski definition) is 0. The molecule has 1 aromatic heterocycles. The number of halogens is 1. The first-order chi connectivity index (χ1) is 14.9. The largest absolute Gasteiger partial charge is 0.336 e. The Bertz CT molecular complexity index is 1080. The number of benzene rings is 2. The normalized spacial score (nSPS) is 14.8. The lowest BCUT2D eigenvalue weighted by Gasteiger charge is -2.35. The smallest absolute Gasteiger partial charge is 0.253 e. The highest BCUT2D eigenvalue weighted by atomic mass is 79.9. The van der Waals surface area contributed by atoms with Crippen molar-refractivity contribution in [1.29, 1.82) is 0 Å². The molecule has 5 nitrogen and oxygen atoms in total. The van der Waals surface area contributed by atoms with Gasteiger partial charge >= 0.3 is 0 Å². The molecule has 0 N–H and O–H groups in total. The number of hydrogen-bond acceptors (Lipinski definition) is 3. The minimum atomic E-state index is 0.117. The van der Waals surface area contributed by atoms with Crippen LogP contribution in [0.3, 0.4) is 0 Å². The molecule has 162 valence electrons. The number of aromatic nitrogens is 2. The molecule has 4 rings (SSSR count). The summed E-state index contributed by atoms with van der Waals surface area (Å²) in [5.74, 6) is 0.117. The predicted molar refractivity (Wildman–Crippen MR) is 127 cm³/mol. The van der Waals surface area contributed by atoms with Gasteiger partial charge in [-0.05, 0) is 60.0 Å². The fourth-order valence-electron chi connectivity index (χ4n) is 4.17. The maximum atomic E-state index is 13.1. The maximum absolute atomic E-state index is 13.1. The fourth-order valence-corrected chi connectivity index (χ4v) is 4.45. The number of carbonyl (C=O) groups excluding carboxylic acids is 1. The highest BCUT2D eigenvalue weighted by molar-refractivity contribution is 9.10. The van der Waals surface area contributed by atoms with E-state index in [1.807, 2.05) is 34.7 Å². The Morgan fingerprint density at radius 1 is 0.935 bits per heavy atom. The Morgan fingerprint density at radius 3 is 2.26 bits per heavy atom. The second kappa shape index (κ2) is 9.37. The molecule has 3 aromatic rings. The molecule has 1 amide bonds. The van der Waals surface area contributed by atoms with E-state index in [0.29, 0.717) is 6.54 Å². The van der Waals surface area contributed by atoms with Crippen molar-refractivity contribution in [2.24, 2.45) is 0 Å². The highest BCUT2D eigenvalue weighted by Gasteiger charge is 2.22. The number of rotatable bonds is 5. The first kappa shape index (κ1) is 21.8. The van der Waals surface area contributed by atoms with E-state index in [-0.39, 0.29) is 5.91 Å². The van der Waals surface area contributed by atoms with Gasteiger partial charge in [-0.25, -0.2) is 0 Å². The molecule has 0 atom stereocenters. The molecule has 0 saturated carbocycles. The average Bonchev–Trinajstić information content (AvgIpc) is 3.00. The van der Waals surface area contributed by atoms with Crippen molar-refractivity contribution in [3.63, 3.8) is 0 Å². The highest BCUT2D eigenvalue weighted by Crippen LogP contribution is 2.21. The van der Waals surface area contributed by atoms with E-state index in [4.69, 9.17) is 0 Å². The SMILES string of the molecule is Cc1cccc(CN2CCN(C(=O)c3cccc(Cn4nc(C)c(Br)c4C)c3)CC2)c1. The van der Waals surface area contributed by atoms with E-state index in [9.17, 15) is 4.79 Å². The Morgan fingerprint density at radius 2 is 1.61 bits per heavy atom. The Labute approximate surface area is 192 Å². The summed E-state index contributed by atoms with van der Waals surface area (Å²) < 4.78 is 3.02. The van der Waals surface area contributed by atoms with Crippen LogP contribution in [0.2, 0.25) is 0 Å². The van der Waals surface area contributed by atoms with Crippen molar-refractivity contribution in [2.75, 3.05) is 26.2 Å². The summed E-state index contributed by atoms with van der Waals surface area (Å²) >= 11 is 3.58. The van der Waals surface area contributed by atoms with E-state index >= 15 is 0 Å². The van der Waals surface area contributed by atoms with Crippen molar-refractivity contribution >= 4 is 21.8 Å². The lowest BCUT2D eigenvalue weighted by Crippen LogP contribution is -2.48. The summed E-state index contributed by atoms with van der Waals surface area (Å²) in [6, 6.07) is 16.6. The van der Waals surface area contributed by atoms with Crippen molar-refractivity contribution in [2.45, 2.75) is 33.9 Å². The zero-order chi connectivity index (χ0) is 22.0. The van der Waals surface area contributed by atoms with Crippen molar-refractivity contribution < 1.29 is 4.79 Å². The van der Waals surface area contributed by atoms with Gasteiger partial charge in [0.2, 0.25) is 0 Å². The minimum Gasteiger partial charge on any atom is -0.336 e. The van der Waals surface area contributed by atoms with Crippen LogP contribution in [0.25, 0.3) is 0 Å². The minimum absolute atomic E-state index is 0.117. The molecule has 2 aromatic carbocycles. The molecule has 2 heterocycles. The van der Waals surface area contributed by atoms with Gasteiger partial charge in [-0.2, -0.15) is 5.10 Å². The summed E-state index contributed by atoms with van der Waals surface area (Å²) in [4.78, 5) is 17.5. The molecule has 0 radical (unpaired) electrons. The first-order valence-electron chi connectivity index (χ1n) is 10.8. The third-order valence-electron chi connectivity index (χ3n) is 5.95. The zero-order valence-electron chi connectivity index (χ0n) is 18.4. The van der Waals surface area contributed by atoms with Crippen LogP contribution in [0.5, 0.6) is 0 Å². The molecule has 0 spiro atoms. The predicted octanol–water partition coefficient (Wildman–Crippen LogP) is 4.58. The third-order valence-corrected chi connectivity index (χ3v) is 7.10. The lowest BCUT2D eigenvalue weighted by molar-refractivity contribution is 0.0628. The number of nitrogens with zero attached hydrogens (tertiary/aromatic N) is 4. The van der Waals surface area contributed by atoms with E-state index in [1.165, 1.54) is 11.1 Å². The van der Waals surface area contributed by atoms with Gasteiger partial charge in [0.05, 0.1) is 22.4 Å². The van der Waals surface area contributed by atoms with E-state index in [1.54, 1.807) is 0 Å². The van der Waals surface area contributed by atoms with Crippen molar-refractivity contribution in [3.8, 4) is 0 Å². The van der Waals surface area contributed by atoms with Gasteiger partial charge in [-0.1, -0.05) is 42.0 Å². The molecular formula is C25H29BrN4O. The first-order valence-corrected chi connectivity index (χ1v) is 11.6. The van der Waals surface area contributed by atoms with Crippen molar-refractivity contribution in [3.05, 3.63) is 86.6 Å². The van der Waals surface area contributed by atoms with Gasteiger partial charge in [0.15, 0.2) is 0 Å². The summed E-state index contributed by atoms with van der Waals surface area (Å²) in [6.45, 7) is 11.1. The molecule has 0 aliphatic carbocycles. The summed E-state index contributed by atoms with van der Waals surface area (Å²) in [5, 5.41) is 4.59. The van der Waals surface area contributed by atoms with Crippen LogP contribution in [0.1, 0.15) is 38.4 Å². The van der Waals surface area contributed by atoms with E-state index in [2.05, 4.69) is 70.1 Å². The molecule has 0 unspecified atom stereocenters. The second-order valence-corrected chi connectivity index (χ2v) is 9.19. The molecule has 31 heavy (non-hydrogen) atoms. The molecule has 1 aliphatic rings. The van der Waals surface area contributed by atoms with Crippen LogP contribution in [0, 0.1) is 20.8 Å². The zero-order valence-corrected chi connectivity index (χ0v) is 20.0. The molecule has 1 fully saturated rings. The Hall–Kier alpha value is -2.44. The van der Waals surface area contributed by atoms with E-state index < -0.39 is 0 Å². The second-order valence-electron chi connectivity index (χ2n) is 8.40. The molecule has 0 bridgehead atoms. The molecule has 1 saturated heterocycles. The fraction of sp³-hybridized carbons (Fsp3) is 0.360. The summed E-state index contributed by atoms with van der Waals surface area (Å²) in [5.41, 5.74) is 6.54. The van der Waals surface area contributed by atoms with Gasteiger partial charge in [0.25, 0.3) is 5.91 Å². The number of carbonyl (C=O) groups is 1. The lowest BCUT2D eigenvalue weighted by atomic mass is 10.1. The van der Waals surface area contributed by atoms with Gasteiger partial charge in [-0.15, -0.1) is 0 Å². The molecular weight excluding hydrogens is 452 g/mol. The number of aryl methyl sites for hydroxylation is 2. The van der Waals surface area contributed by atoms with Crippen LogP contribution in [-0.4, -0.2) is 51.7 Å².